The zero-order valence-corrected chi connectivity index (χ0v) is 10.4. The summed E-state index contributed by atoms with van der Waals surface area (Å²) in [6.07, 6.45) is 6.76. The van der Waals surface area contributed by atoms with Crippen molar-refractivity contribution in [2.24, 2.45) is 5.92 Å². The number of ether oxygens (including phenoxy) is 2. The highest BCUT2D eigenvalue weighted by atomic mass is 16.5. The van der Waals surface area contributed by atoms with Gasteiger partial charge in [-0.05, 0) is 45.6 Å². The number of hydrogen-bond donors (Lipinski definition) is 1. The lowest BCUT2D eigenvalue weighted by atomic mass is 10.1. The Morgan fingerprint density at radius 3 is 2.94 bits per heavy atom. The molecule has 3 heteroatoms. The molecule has 3 nitrogen and oxygen atoms in total. The Hall–Kier alpha value is -0.120. The minimum Gasteiger partial charge on any atom is -0.381 e. The van der Waals surface area contributed by atoms with Crippen LogP contribution >= 0.6 is 0 Å². The molecule has 2 fully saturated rings. The van der Waals surface area contributed by atoms with Crippen molar-refractivity contribution in [1.82, 2.24) is 5.32 Å². The van der Waals surface area contributed by atoms with Gasteiger partial charge in [0.2, 0.25) is 0 Å². The van der Waals surface area contributed by atoms with Crippen LogP contribution in [-0.2, 0) is 9.47 Å². The maximum absolute atomic E-state index is 5.84. The van der Waals surface area contributed by atoms with Crippen molar-refractivity contribution in [3.8, 4) is 0 Å². The molecule has 2 atom stereocenters. The lowest BCUT2D eigenvalue weighted by Gasteiger charge is -2.15. The van der Waals surface area contributed by atoms with Gasteiger partial charge in [0.15, 0.2) is 0 Å². The molecule has 0 aromatic carbocycles. The van der Waals surface area contributed by atoms with Gasteiger partial charge in [-0.2, -0.15) is 0 Å². The molecule has 1 heterocycles. The van der Waals surface area contributed by atoms with Crippen LogP contribution in [0.5, 0.6) is 0 Å². The highest BCUT2D eigenvalue weighted by Gasteiger charge is 2.20. The van der Waals surface area contributed by atoms with E-state index in [-0.39, 0.29) is 0 Å². The second-order valence-corrected chi connectivity index (χ2v) is 5.24. The van der Waals surface area contributed by atoms with Crippen molar-refractivity contribution < 1.29 is 9.47 Å². The molecule has 0 bridgehead atoms. The van der Waals surface area contributed by atoms with Gasteiger partial charge in [-0.1, -0.05) is 0 Å². The van der Waals surface area contributed by atoms with E-state index in [0.29, 0.717) is 12.0 Å². The van der Waals surface area contributed by atoms with Crippen LogP contribution < -0.4 is 5.32 Å². The molecule has 1 aliphatic carbocycles. The number of rotatable bonds is 8. The van der Waals surface area contributed by atoms with E-state index in [1.807, 2.05) is 0 Å². The van der Waals surface area contributed by atoms with Gasteiger partial charge in [0.05, 0.1) is 19.3 Å². The second kappa shape index (κ2) is 6.58. The predicted octanol–water partition coefficient (Wildman–Crippen LogP) is 1.96. The molecule has 0 aromatic rings. The van der Waals surface area contributed by atoms with Gasteiger partial charge in [0.25, 0.3) is 0 Å². The third kappa shape index (κ3) is 4.81. The molecule has 2 rings (SSSR count). The van der Waals surface area contributed by atoms with E-state index in [4.69, 9.17) is 9.47 Å². The molecule has 1 saturated carbocycles. The summed E-state index contributed by atoms with van der Waals surface area (Å²) in [7, 11) is 0. The minimum absolute atomic E-state index is 0.404. The average molecular weight is 227 g/mol. The first kappa shape index (κ1) is 12.3. The summed E-state index contributed by atoms with van der Waals surface area (Å²) in [5, 5.41) is 3.53. The van der Waals surface area contributed by atoms with Crippen LogP contribution in [0, 0.1) is 5.92 Å². The third-order valence-electron chi connectivity index (χ3n) is 3.44. The van der Waals surface area contributed by atoms with E-state index in [2.05, 4.69) is 12.2 Å². The average Bonchev–Trinajstić information content (AvgIpc) is 2.96. The Morgan fingerprint density at radius 2 is 2.25 bits per heavy atom. The van der Waals surface area contributed by atoms with Crippen molar-refractivity contribution in [3.63, 3.8) is 0 Å². The Morgan fingerprint density at radius 1 is 1.38 bits per heavy atom. The Labute approximate surface area is 98.9 Å². The molecule has 0 amide bonds. The molecular formula is C13H25NO2. The maximum atomic E-state index is 5.84. The van der Waals surface area contributed by atoms with E-state index in [1.54, 1.807) is 0 Å². The molecule has 94 valence electrons. The minimum atomic E-state index is 0.404. The normalized spacial score (nSPS) is 27.2. The quantitative estimate of drug-likeness (QED) is 0.643. The summed E-state index contributed by atoms with van der Waals surface area (Å²) < 4.78 is 11.2. The Bertz CT molecular complexity index is 188. The summed E-state index contributed by atoms with van der Waals surface area (Å²) in [6, 6.07) is 0.840. The zero-order valence-electron chi connectivity index (χ0n) is 10.4. The Kier molecular flexibility index (Phi) is 5.07. The summed E-state index contributed by atoms with van der Waals surface area (Å²) in [5.74, 6) is 0.645. The fourth-order valence-corrected chi connectivity index (χ4v) is 2.08. The van der Waals surface area contributed by atoms with E-state index in [0.717, 1.165) is 32.4 Å². The molecule has 1 N–H and O–H groups in total. The number of hydrogen-bond acceptors (Lipinski definition) is 3. The van der Waals surface area contributed by atoms with E-state index < -0.39 is 0 Å². The van der Waals surface area contributed by atoms with Gasteiger partial charge in [-0.3, -0.25) is 0 Å². The molecule has 0 spiro atoms. The van der Waals surface area contributed by atoms with Gasteiger partial charge in [-0.15, -0.1) is 0 Å². The van der Waals surface area contributed by atoms with E-state index >= 15 is 0 Å². The number of nitrogens with one attached hydrogen (secondary N) is 1. The van der Waals surface area contributed by atoms with Crippen LogP contribution in [0.4, 0.5) is 0 Å². The molecule has 0 radical (unpaired) electrons. The monoisotopic (exact) mass is 227 g/mol. The highest BCUT2D eigenvalue weighted by Crippen LogP contribution is 2.18. The first-order chi connectivity index (χ1) is 7.84. The fourth-order valence-electron chi connectivity index (χ4n) is 2.08. The smallest absolute Gasteiger partial charge is 0.0547 e. The summed E-state index contributed by atoms with van der Waals surface area (Å²) in [4.78, 5) is 0. The van der Waals surface area contributed by atoms with Gasteiger partial charge in [0.1, 0.15) is 0 Å². The largest absolute Gasteiger partial charge is 0.381 e. The molecule has 16 heavy (non-hydrogen) atoms. The molecule has 2 unspecified atom stereocenters. The Balaban J connectivity index is 1.42. The molecule has 2 aliphatic rings. The van der Waals surface area contributed by atoms with Crippen LogP contribution in [0.1, 0.15) is 39.0 Å². The first-order valence-corrected chi connectivity index (χ1v) is 6.77. The highest BCUT2D eigenvalue weighted by molar-refractivity contribution is 4.80. The van der Waals surface area contributed by atoms with Gasteiger partial charge < -0.3 is 14.8 Å². The fraction of sp³-hybridized carbons (Fsp3) is 1.00. The lowest BCUT2D eigenvalue weighted by Crippen LogP contribution is -2.20. The second-order valence-electron chi connectivity index (χ2n) is 5.24. The SMILES string of the molecule is CC(CCCNC1CC1)OCC1CCOC1. The van der Waals surface area contributed by atoms with E-state index in [1.165, 1.54) is 32.1 Å². The van der Waals surface area contributed by atoms with Gasteiger partial charge >= 0.3 is 0 Å². The van der Waals surface area contributed by atoms with Crippen molar-refractivity contribution in [2.75, 3.05) is 26.4 Å². The topological polar surface area (TPSA) is 30.5 Å². The van der Waals surface area contributed by atoms with Crippen LogP contribution in [0.15, 0.2) is 0 Å². The first-order valence-electron chi connectivity index (χ1n) is 6.77. The maximum Gasteiger partial charge on any atom is 0.0547 e. The molecular weight excluding hydrogens is 202 g/mol. The summed E-state index contributed by atoms with van der Waals surface area (Å²) in [5.41, 5.74) is 0. The summed E-state index contributed by atoms with van der Waals surface area (Å²) in [6.45, 7) is 6.05. The molecule has 1 saturated heterocycles. The van der Waals surface area contributed by atoms with Crippen molar-refractivity contribution in [3.05, 3.63) is 0 Å². The van der Waals surface area contributed by atoms with Crippen LogP contribution in [-0.4, -0.2) is 38.5 Å². The standard InChI is InChI=1S/C13H25NO2/c1-11(3-2-7-14-13-4-5-13)16-10-12-6-8-15-9-12/h11-14H,2-10H2,1H3. The van der Waals surface area contributed by atoms with Crippen molar-refractivity contribution in [1.29, 1.82) is 0 Å². The zero-order chi connectivity index (χ0) is 11.2. The molecule has 1 aliphatic heterocycles. The summed E-state index contributed by atoms with van der Waals surface area (Å²) >= 11 is 0. The lowest BCUT2D eigenvalue weighted by molar-refractivity contribution is 0.0312. The predicted molar refractivity (Wildman–Crippen MR) is 64.6 cm³/mol. The van der Waals surface area contributed by atoms with Gasteiger partial charge in [0, 0.05) is 18.6 Å². The third-order valence-corrected chi connectivity index (χ3v) is 3.44. The van der Waals surface area contributed by atoms with Crippen LogP contribution in [0.3, 0.4) is 0 Å². The van der Waals surface area contributed by atoms with Crippen molar-refractivity contribution in [2.45, 2.75) is 51.2 Å². The van der Waals surface area contributed by atoms with Crippen LogP contribution in [0.2, 0.25) is 0 Å². The van der Waals surface area contributed by atoms with Crippen LogP contribution in [0.25, 0.3) is 0 Å². The van der Waals surface area contributed by atoms with E-state index in [9.17, 15) is 0 Å². The van der Waals surface area contributed by atoms with Gasteiger partial charge in [-0.25, -0.2) is 0 Å². The van der Waals surface area contributed by atoms with Crippen molar-refractivity contribution >= 4 is 0 Å². The molecule has 0 aromatic heterocycles.